The van der Waals surface area contributed by atoms with Gasteiger partial charge in [0.1, 0.15) is 17.2 Å². The summed E-state index contributed by atoms with van der Waals surface area (Å²) >= 11 is 0. The van der Waals surface area contributed by atoms with Gasteiger partial charge in [0.05, 0.1) is 18.8 Å². The second-order valence-corrected chi connectivity index (χ2v) is 9.33. The van der Waals surface area contributed by atoms with Crippen molar-refractivity contribution >= 4 is 5.97 Å². The molecule has 1 aliphatic rings. The van der Waals surface area contributed by atoms with E-state index in [1.807, 2.05) is 18.2 Å². The van der Waals surface area contributed by atoms with E-state index in [-0.39, 0.29) is 5.97 Å². The molecular weight excluding hydrogens is 424 g/mol. The van der Waals surface area contributed by atoms with Gasteiger partial charge in [-0.25, -0.2) is 4.79 Å². The fraction of sp³-hybridized carbons (Fsp3) is 0.500. The Labute approximate surface area is 205 Å². The molecule has 0 bridgehead atoms. The van der Waals surface area contributed by atoms with Gasteiger partial charge in [-0.3, -0.25) is 0 Å². The van der Waals surface area contributed by atoms with Crippen molar-refractivity contribution in [3.63, 3.8) is 0 Å². The Balaban J connectivity index is 1.34. The van der Waals surface area contributed by atoms with Crippen LogP contribution in [0.25, 0.3) is 0 Å². The lowest BCUT2D eigenvalue weighted by Gasteiger charge is -2.28. The Kier molecular flexibility index (Phi) is 11.0. The highest BCUT2D eigenvalue weighted by Crippen LogP contribution is 2.33. The third-order valence-corrected chi connectivity index (χ3v) is 6.63. The largest absolute Gasteiger partial charge is 0.494 e. The van der Waals surface area contributed by atoms with Gasteiger partial charge in [-0.05, 0) is 86.1 Å². The SMILES string of the molecule is C=CCCCOc1ccc(C(=O)Oc2ccc(OCCC[C@H]3CC[C@H](CCC)CC3)cc2)cc1. The van der Waals surface area contributed by atoms with Crippen LogP contribution < -0.4 is 14.2 Å². The lowest BCUT2D eigenvalue weighted by molar-refractivity contribution is 0.0734. The molecule has 2 aromatic rings. The highest BCUT2D eigenvalue weighted by atomic mass is 16.5. The standard InChI is InChI=1S/C30H40O4/c1-3-5-6-22-32-27-16-14-26(15-17-27)30(31)34-29-20-18-28(19-21-29)33-23-7-9-25-12-10-24(8-4-2)11-13-25/h3,14-21,24-25H,1,4-13,22-23H2,2H3/t24-,25-. The van der Waals surface area contributed by atoms with Crippen LogP contribution in [0.2, 0.25) is 0 Å². The summed E-state index contributed by atoms with van der Waals surface area (Å²) in [4.78, 5) is 12.4. The van der Waals surface area contributed by atoms with Crippen LogP contribution >= 0.6 is 0 Å². The predicted molar refractivity (Wildman–Crippen MR) is 138 cm³/mol. The molecule has 34 heavy (non-hydrogen) atoms. The van der Waals surface area contributed by atoms with E-state index in [4.69, 9.17) is 14.2 Å². The Morgan fingerprint density at radius 2 is 1.35 bits per heavy atom. The molecule has 3 rings (SSSR count). The first-order valence-electron chi connectivity index (χ1n) is 13.0. The van der Waals surface area contributed by atoms with Gasteiger partial charge >= 0.3 is 5.97 Å². The van der Waals surface area contributed by atoms with Gasteiger partial charge in [0.25, 0.3) is 0 Å². The molecular formula is C30H40O4. The summed E-state index contributed by atoms with van der Waals surface area (Å²) in [6.45, 7) is 7.36. The monoisotopic (exact) mass is 464 g/mol. The molecule has 0 aromatic heterocycles. The fourth-order valence-electron chi connectivity index (χ4n) is 4.65. The minimum Gasteiger partial charge on any atom is -0.494 e. The highest BCUT2D eigenvalue weighted by Gasteiger charge is 2.20. The number of allylic oxidation sites excluding steroid dienone is 1. The van der Waals surface area contributed by atoms with Crippen molar-refractivity contribution in [2.45, 2.75) is 71.1 Å². The van der Waals surface area contributed by atoms with Crippen LogP contribution in [0.1, 0.15) is 81.5 Å². The van der Waals surface area contributed by atoms with Crippen molar-refractivity contribution < 1.29 is 19.0 Å². The van der Waals surface area contributed by atoms with Crippen LogP contribution in [-0.2, 0) is 0 Å². The first-order valence-corrected chi connectivity index (χ1v) is 13.0. The van der Waals surface area contributed by atoms with E-state index >= 15 is 0 Å². The summed E-state index contributed by atoms with van der Waals surface area (Å²) in [5, 5.41) is 0. The molecule has 0 N–H and O–H groups in total. The molecule has 0 aliphatic heterocycles. The molecule has 4 heteroatoms. The molecule has 184 valence electrons. The van der Waals surface area contributed by atoms with E-state index < -0.39 is 0 Å². The number of rotatable bonds is 14. The molecule has 1 saturated carbocycles. The van der Waals surface area contributed by atoms with Crippen LogP contribution in [0.15, 0.2) is 61.2 Å². The summed E-state index contributed by atoms with van der Waals surface area (Å²) in [5.74, 6) is 3.51. The second kappa shape index (κ2) is 14.5. The summed E-state index contributed by atoms with van der Waals surface area (Å²) in [6.07, 6.45) is 14.4. The Morgan fingerprint density at radius 1 is 0.824 bits per heavy atom. The summed E-state index contributed by atoms with van der Waals surface area (Å²) in [5.41, 5.74) is 0.488. The molecule has 1 aliphatic carbocycles. The van der Waals surface area contributed by atoms with E-state index in [0.29, 0.717) is 17.9 Å². The van der Waals surface area contributed by atoms with E-state index in [1.165, 1.54) is 44.9 Å². The van der Waals surface area contributed by atoms with Gasteiger partial charge in [0.15, 0.2) is 0 Å². The second-order valence-electron chi connectivity index (χ2n) is 9.33. The predicted octanol–water partition coefficient (Wildman–Crippen LogP) is 8.02. The van der Waals surface area contributed by atoms with E-state index in [2.05, 4.69) is 13.5 Å². The Morgan fingerprint density at radius 3 is 1.94 bits per heavy atom. The number of unbranched alkanes of at least 4 members (excludes halogenated alkanes) is 1. The zero-order chi connectivity index (χ0) is 24.0. The van der Waals surface area contributed by atoms with Crippen LogP contribution in [0.3, 0.4) is 0 Å². The number of esters is 1. The van der Waals surface area contributed by atoms with E-state index in [1.54, 1.807) is 36.4 Å². The molecule has 0 saturated heterocycles. The van der Waals surface area contributed by atoms with Crippen molar-refractivity contribution in [3.05, 3.63) is 66.7 Å². The van der Waals surface area contributed by atoms with Gasteiger partial charge in [0, 0.05) is 0 Å². The first-order chi connectivity index (χ1) is 16.7. The van der Waals surface area contributed by atoms with Crippen LogP contribution in [0.4, 0.5) is 0 Å². The number of carbonyl (C=O) groups excluding carboxylic acids is 1. The summed E-state index contributed by atoms with van der Waals surface area (Å²) in [6, 6.07) is 14.3. The van der Waals surface area contributed by atoms with Crippen molar-refractivity contribution in [3.8, 4) is 17.2 Å². The van der Waals surface area contributed by atoms with Crippen LogP contribution in [0.5, 0.6) is 17.2 Å². The average molecular weight is 465 g/mol. The lowest BCUT2D eigenvalue weighted by Crippen LogP contribution is -2.15. The molecule has 0 atom stereocenters. The summed E-state index contributed by atoms with van der Waals surface area (Å²) < 4.78 is 17.0. The third kappa shape index (κ3) is 8.89. The quantitative estimate of drug-likeness (QED) is 0.123. The minimum atomic E-state index is -0.388. The zero-order valence-electron chi connectivity index (χ0n) is 20.7. The van der Waals surface area contributed by atoms with Crippen molar-refractivity contribution in [1.82, 2.24) is 0 Å². The maximum absolute atomic E-state index is 12.4. The maximum atomic E-state index is 12.4. The number of ether oxygens (including phenoxy) is 3. The topological polar surface area (TPSA) is 44.8 Å². The molecule has 4 nitrogen and oxygen atoms in total. The average Bonchev–Trinajstić information content (AvgIpc) is 2.87. The van der Waals surface area contributed by atoms with Gasteiger partial charge < -0.3 is 14.2 Å². The highest BCUT2D eigenvalue weighted by molar-refractivity contribution is 5.91. The molecule has 0 radical (unpaired) electrons. The van der Waals surface area contributed by atoms with Crippen molar-refractivity contribution in [1.29, 1.82) is 0 Å². The van der Waals surface area contributed by atoms with Crippen LogP contribution in [0, 0.1) is 11.8 Å². The number of hydrogen-bond donors (Lipinski definition) is 0. The molecule has 0 heterocycles. The van der Waals surface area contributed by atoms with Gasteiger partial charge in [-0.2, -0.15) is 0 Å². The van der Waals surface area contributed by atoms with Gasteiger partial charge in [-0.1, -0.05) is 51.5 Å². The van der Waals surface area contributed by atoms with E-state index in [0.717, 1.165) is 49.2 Å². The maximum Gasteiger partial charge on any atom is 0.343 e. The van der Waals surface area contributed by atoms with Crippen LogP contribution in [-0.4, -0.2) is 19.2 Å². The molecule has 1 fully saturated rings. The smallest absolute Gasteiger partial charge is 0.343 e. The zero-order valence-corrected chi connectivity index (χ0v) is 20.7. The molecule has 0 unspecified atom stereocenters. The molecule has 0 amide bonds. The number of hydrogen-bond acceptors (Lipinski definition) is 4. The van der Waals surface area contributed by atoms with Crippen molar-refractivity contribution in [2.75, 3.05) is 13.2 Å². The van der Waals surface area contributed by atoms with Gasteiger partial charge in [0.2, 0.25) is 0 Å². The summed E-state index contributed by atoms with van der Waals surface area (Å²) in [7, 11) is 0. The Hall–Kier alpha value is -2.75. The first kappa shape index (κ1) is 25.9. The number of benzene rings is 2. The van der Waals surface area contributed by atoms with E-state index in [9.17, 15) is 4.79 Å². The fourth-order valence-corrected chi connectivity index (χ4v) is 4.65. The van der Waals surface area contributed by atoms with Crippen molar-refractivity contribution in [2.24, 2.45) is 11.8 Å². The normalized spacial score (nSPS) is 17.7. The number of carbonyl (C=O) groups is 1. The lowest BCUT2D eigenvalue weighted by atomic mass is 9.78. The molecule has 0 spiro atoms. The van der Waals surface area contributed by atoms with Gasteiger partial charge in [-0.15, -0.1) is 6.58 Å². The third-order valence-electron chi connectivity index (χ3n) is 6.63. The molecule has 2 aromatic carbocycles. The minimum absolute atomic E-state index is 0.388. The Bertz CT molecular complexity index is 848.